The highest BCUT2D eigenvalue weighted by Gasteiger charge is 2.18. The zero-order valence-corrected chi connectivity index (χ0v) is 31.8. The fourth-order valence-electron chi connectivity index (χ4n) is 8.77. The van der Waals surface area contributed by atoms with Crippen molar-refractivity contribution in [1.29, 1.82) is 0 Å². The van der Waals surface area contributed by atoms with Crippen molar-refractivity contribution in [2.24, 2.45) is 0 Å². The highest BCUT2D eigenvalue weighted by Crippen LogP contribution is 2.41. The van der Waals surface area contributed by atoms with E-state index < -0.39 is 0 Å². The molecule has 1 heterocycles. The van der Waals surface area contributed by atoms with Gasteiger partial charge in [-0.05, 0) is 110 Å². The van der Waals surface area contributed by atoms with Crippen LogP contribution in [0.2, 0.25) is 0 Å². The van der Waals surface area contributed by atoms with E-state index in [1.54, 1.807) is 0 Å². The lowest BCUT2D eigenvalue weighted by molar-refractivity contribution is 1.18. The largest absolute Gasteiger partial charge is 0.310 e. The van der Waals surface area contributed by atoms with Gasteiger partial charge in [-0.2, -0.15) is 0 Å². The number of hydrogen-bond acceptors (Lipinski definition) is 1. The molecule has 58 heavy (non-hydrogen) atoms. The molecule has 0 spiro atoms. The monoisotopic (exact) mass is 738 g/mol. The van der Waals surface area contributed by atoms with Gasteiger partial charge in [-0.3, -0.25) is 0 Å². The van der Waals surface area contributed by atoms with Gasteiger partial charge < -0.3 is 9.47 Å². The van der Waals surface area contributed by atoms with Crippen molar-refractivity contribution >= 4 is 60.4 Å². The molecule has 2 nitrogen and oxygen atoms in total. The number of para-hydroxylation sites is 3. The maximum Gasteiger partial charge on any atom is 0.0541 e. The Labute approximate surface area is 338 Å². The summed E-state index contributed by atoms with van der Waals surface area (Å²) in [6, 6.07) is 83.7. The molecule has 0 aliphatic heterocycles. The van der Waals surface area contributed by atoms with Gasteiger partial charge in [0.25, 0.3) is 0 Å². The number of rotatable bonds is 7. The molecule has 0 unspecified atom stereocenters. The Morgan fingerprint density at radius 1 is 0.276 bits per heavy atom. The average Bonchev–Trinajstić information content (AvgIpc) is 3.64. The number of hydrogen-bond donors (Lipinski definition) is 0. The second-order valence-electron chi connectivity index (χ2n) is 15.0. The lowest BCUT2D eigenvalue weighted by Crippen LogP contribution is -2.10. The highest BCUT2D eigenvalue weighted by atomic mass is 15.1. The molecule has 0 bridgehead atoms. The molecule has 0 aliphatic rings. The molecular formula is C56H38N2. The Bertz CT molecular complexity index is 3210. The van der Waals surface area contributed by atoms with Crippen LogP contribution in [0.25, 0.3) is 82.4 Å². The Morgan fingerprint density at radius 2 is 0.776 bits per heavy atom. The van der Waals surface area contributed by atoms with Gasteiger partial charge in [0, 0.05) is 33.4 Å². The minimum Gasteiger partial charge on any atom is -0.310 e. The lowest BCUT2D eigenvalue weighted by atomic mass is 9.97. The third-order valence-corrected chi connectivity index (χ3v) is 11.6. The van der Waals surface area contributed by atoms with Crippen LogP contribution in [0.15, 0.2) is 231 Å². The van der Waals surface area contributed by atoms with Gasteiger partial charge in [-0.1, -0.05) is 170 Å². The van der Waals surface area contributed by atoms with Crippen LogP contribution in [-0.4, -0.2) is 4.57 Å². The van der Waals surface area contributed by atoms with Crippen LogP contribution in [0.5, 0.6) is 0 Å². The Morgan fingerprint density at radius 3 is 1.50 bits per heavy atom. The summed E-state index contributed by atoms with van der Waals surface area (Å²) in [5, 5.41) is 7.57. The zero-order chi connectivity index (χ0) is 38.4. The van der Waals surface area contributed by atoms with E-state index in [1.807, 2.05) is 0 Å². The van der Waals surface area contributed by atoms with Crippen LogP contribution >= 0.6 is 0 Å². The SMILES string of the molecule is c1ccc(-c2ccc(N(c3ccc(-c4ccccc4-n4c5ccccc5c5ccccc54)cc3)c3cccc(-c4ccc5ccc6ccccc6c5c4)c3)cc2)cc1. The van der Waals surface area contributed by atoms with E-state index in [4.69, 9.17) is 0 Å². The van der Waals surface area contributed by atoms with Crippen molar-refractivity contribution in [3.8, 4) is 39.1 Å². The lowest BCUT2D eigenvalue weighted by Gasteiger charge is -2.26. The summed E-state index contributed by atoms with van der Waals surface area (Å²) in [4.78, 5) is 2.37. The van der Waals surface area contributed by atoms with E-state index in [0.717, 1.165) is 28.3 Å². The minimum atomic E-state index is 1.09. The predicted octanol–water partition coefficient (Wildman–Crippen LogP) is 15.6. The van der Waals surface area contributed by atoms with Gasteiger partial charge in [-0.15, -0.1) is 0 Å². The van der Waals surface area contributed by atoms with Crippen molar-refractivity contribution in [3.63, 3.8) is 0 Å². The third kappa shape index (κ3) is 5.82. The topological polar surface area (TPSA) is 8.17 Å². The summed E-state index contributed by atoms with van der Waals surface area (Å²) >= 11 is 0. The van der Waals surface area contributed by atoms with Crippen molar-refractivity contribution < 1.29 is 0 Å². The maximum absolute atomic E-state index is 2.41. The highest BCUT2D eigenvalue weighted by molar-refractivity contribution is 6.10. The summed E-state index contributed by atoms with van der Waals surface area (Å²) in [5.74, 6) is 0. The molecule has 2 heteroatoms. The van der Waals surface area contributed by atoms with Crippen LogP contribution in [0, 0.1) is 0 Å². The molecule has 0 saturated carbocycles. The summed E-state index contributed by atoms with van der Waals surface area (Å²) in [6.45, 7) is 0. The zero-order valence-electron chi connectivity index (χ0n) is 31.8. The molecule has 0 aliphatic carbocycles. The van der Waals surface area contributed by atoms with E-state index in [0.29, 0.717) is 0 Å². The molecule has 10 aromatic carbocycles. The molecule has 0 fully saturated rings. The second-order valence-corrected chi connectivity index (χ2v) is 15.0. The smallest absolute Gasteiger partial charge is 0.0541 e. The van der Waals surface area contributed by atoms with Crippen molar-refractivity contribution in [2.45, 2.75) is 0 Å². The van der Waals surface area contributed by atoms with E-state index in [2.05, 4.69) is 240 Å². The summed E-state index contributed by atoms with van der Waals surface area (Å²) in [6.07, 6.45) is 0. The maximum atomic E-state index is 2.41. The van der Waals surface area contributed by atoms with Gasteiger partial charge in [-0.25, -0.2) is 0 Å². The first kappa shape index (κ1) is 33.6. The van der Waals surface area contributed by atoms with Gasteiger partial charge in [0.2, 0.25) is 0 Å². The predicted molar refractivity (Wildman–Crippen MR) is 247 cm³/mol. The third-order valence-electron chi connectivity index (χ3n) is 11.6. The van der Waals surface area contributed by atoms with Gasteiger partial charge in [0.05, 0.1) is 16.7 Å². The van der Waals surface area contributed by atoms with Gasteiger partial charge >= 0.3 is 0 Å². The molecule has 0 saturated heterocycles. The second kappa shape index (κ2) is 14.1. The molecule has 272 valence electrons. The molecule has 0 radical (unpaired) electrons. The van der Waals surface area contributed by atoms with E-state index in [9.17, 15) is 0 Å². The standard InChI is InChI=1S/C56H38N2/c1-2-13-39(14-3-1)40-29-33-46(34-30-40)57(48-17-12-16-44(37-48)45-28-27-43-26-25-41-15-4-5-18-49(41)53(43)38-45)47-35-31-42(32-36-47)50-19-6-9-22-54(50)58-55-23-10-7-20-51(55)52-21-8-11-24-56(52)58/h1-38H. The first-order valence-corrected chi connectivity index (χ1v) is 19.9. The quantitative estimate of drug-likeness (QED) is 0.148. The molecule has 0 N–H and O–H groups in total. The number of nitrogens with zero attached hydrogens (tertiary/aromatic N) is 2. The van der Waals surface area contributed by atoms with Crippen molar-refractivity contribution in [1.82, 2.24) is 4.57 Å². The summed E-state index contributed by atoms with van der Waals surface area (Å²) in [5.41, 5.74) is 14.0. The minimum absolute atomic E-state index is 1.09. The summed E-state index contributed by atoms with van der Waals surface area (Å²) in [7, 11) is 0. The molecular weight excluding hydrogens is 701 g/mol. The molecule has 0 amide bonds. The number of benzene rings is 10. The van der Waals surface area contributed by atoms with E-state index >= 15 is 0 Å². The molecule has 11 aromatic rings. The first-order valence-electron chi connectivity index (χ1n) is 19.9. The fraction of sp³-hybridized carbons (Fsp3) is 0. The van der Waals surface area contributed by atoms with Gasteiger partial charge in [0.15, 0.2) is 0 Å². The van der Waals surface area contributed by atoms with Crippen LogP contribution in [0.1, 0.15) is 0 Å². The Balaban J connectivity index is 1.02. The number of fused-ring (bicyclic) bond motifs is 6. The van der Waals surface area contributed by atoms with Crippen LogP contribution in [-0.2, 0) is 0 Å². The van der Waals surface area contributed by atoms with Crippen molar-refractivity contribution in [3.05, 3.63) is 231 Å². The summed E-state index contributed by atoms with van der Waals surface area (Å²) < 4.78 is 2.41. The first-order chi connectivity index (χ1) is 28.8. The average molecular weight is 739 g/mol. The normalized spacial score (nSPS) is 11.4. The number of aromatic nitrogens is 1. The van der Waals surface area contributed by atoms with Crippen LogP contribution < -0.4 is 4.90 Å². The Kier molecular flexibility index (Phi) is 8.19. The van der Waals surface area contributed by atoms with Crippen LogP contribution in [0.4, 0.5) is 17.1 Å². The Hall–Kier alpha value is -7.68. The molecule has 1 aromatic heterocycles. The fourth-order valence-corrected chi connectivity index (χ4v) is 8.77. The van der Waals surface area contributed by atoms with Crippen LogP contribution in [0.3, 0.4) is 0 Å². The molecule has 11 rings (SSSR count). The number of anilines is 3. The molecule has 0 atom stereocenters. The van der Waals surface area contributed by atoms with E-state index in [1.165, 1.54) is 71.2 Å². The van der Waals surface area contributed by atoms with E-state index in [-0.39, 0.29) is 0 Å². The van der Waals surface area contributed by atoms with Gasteiger partial charge in [0.1, 0.15) is 0 Å². The van der Waals surface area contributed by atoms with Crippen molar-refractivity contribution in [2.75, 3.05) is 4.90 Å².